The van der Waals surface area contributed by atoms with Gasteiger partial charge in [0.2, 0.25) is 0 Å². The molecule has 1 unspecified atom stereocenters. The minimum atomic E-state index is -0.929. The molecule has 0 aliphatic heterocycles. The van der Waals surface area contributed by atoms with E-state index >= 15 is 0 Å². The van der Waals surface area contributed by atoms with Gasteiger partial charge in [-0.15, -0.1) is 0 Å². The molecule has 0 saturated heterocycles. The van der Waals surface area contributed by atoms with Crippen LogP contribution in [0.2, 0.25) is 0 Å². The maximum absolute atomic E-state index is 11.5. The standard InChI is InChI=1S/C11H22N2O3/c1-7(2)8(3)12-10(16)13-11(4,5)6-9(14)15/h7-8H,6H2,1-5H3,(H,14,15)(H2,12,13,16). The van der Waals surface area contributed by atoms with Crippen molar-refractivity contribution in [1.82, 2.24) is 10.6 Å². The molecule has 0 aliphatic rings. The summed E-state index contributed by atoms with van der Waals surface area (Å²) >= 11 is 0. The summed E-state index contributed by atoms with van der Waals surface area (Å²) in [6, 6.07) is -0.270. The maximum Gasteiger partial charge on any atom is 0.315 e. The summed E-state index contributed by atoms with van der Waals surface area (Å²) < 4.78 is 0. The number of hydrogen-bond donors (Lipinski definition) is 3. The van der Waals surface area contributed by atoms with E-state index in [9.17, 15) is 9.59 Å². The highest BCUT2D eigenvalue weighted by atomic mass is 16.4. The van der Waals surface area contributed by atoms with E-state index < -0.39 is 11.5 Å². The number of nitrogens with one attached hydrogen (secondary N) is 2. The van der Waals surface area contributed by atoms with Gasteiger partial charge in [-0.05, 0) is 26.7 Å². The van der Waals surface area contributed by atoms with E-state index in [-0.39, 0.29) is 18.5 Å². The van der Waals surface area contributed by atoms with Gasteiger partial charge in [-0.3, -0.25) is 4.79 Å². The van der Waals surface area contributed by atoms with Crippen molar-refractivity contribution < 1.29 is 14.7 Å². The van der Waals surface area contributed by atoms with Gasteiger partial charge >= 0.3 is 12.0 Å². The van der Waals surface area contributed by atoms with Gasteiger partial charge in [0, 0.05) is 11.6 Å². The molecule has 0 radical (unpaired) electrons. The van der Waals surface area contributed by atoms with Crippen LogP contribution in [0.5, 0.6) is 0 Å². The lowest BCUT2D eigenvalue weighted by molar-refractivity contribution is -0.138. The van der Waals surface area contributed by atoms with E-state index in [1.54, 1.807) is 13.8 Å². The summed E-state index contributed by atoms with van der Waals surface area (Å²) in [7, 11) is 0. The molecule has 0 bridgehead atoms. The van der Waals surface area contributed by atoms with Crippen molar-refractivity contribution in [3.8, 4) is 0 Å². The fraction of sp³-hybridized carbons (Fsp3) is 0.818. The highest BCUT2D eigenvalue weighted by Gasteiger charge is 2.24. The molecule has 3 N–H and O–H groups in total. The first-order valence-corrected chi connectivity index (χ1v) is 5.44. The molecule has 0 fully saturated rings. The Hall–Kier alpha value is -1.26. The van der Waals surface area contributed by atoms with Crippen LogP contribution in [0.25, 0.3) is 0 Å². The highest BCUT2D eigenvalue weighted by molar-refractivity contribution is 5.76. The molecule has 5 heteroatoms. The van der Waals surface area contributed by atoms with E-state index in [1.807, 2.05) is 20.8 Å². The zero-order valence-electron chi connectivity index (χ0n) is 10.6. The molecule has 94 valence electrons. The molecular formula is C11H22N2O3. The largest absolute Gasteiger partial charge is 0.481 e. The van der Waals surface area contributed by atoms with E-state index in [4.69, 9.17) is 5.11 Å². The van der Waals surface area contributed by atoms with Crippen LogP contribution in [0.15, 0.2) is 0 Å². The van der Waals surface area contributed by atoms with Crippen molar-refractivity contribution in [3.05, 3.63) is 0 Å². The molecule has 0 heterocycles. The molecule has 1 atom stereocenters. The van der Waals surface area contributed by atoms with Gasteiger partial charge in [0.05, 0.1) is 6.42 Å². The minimum absolute atomic E-state index is 0.0561. The predicted octanol–water partition coefficient (Wildman–Crippen LogP) is 1.58. The second kappa shape index (κ2) is 5.72. The van der Waals surface area contributed by atoms with Crippen molar-refractivity contribution in [2.75, 3.05) is 0 Å². The first-order valence-electron chi connectivity index (χ1n) is 5.44. The van der Waals surface area contributed by atoms with Gasteiger partial charge in [0.25, 0.3) is 0 Å². The Kier molecular flexibility index (Phi) is 5.27. The fourth-order valence-electron chi connectivity index (χ4n) is 1.14. The van der Waals surface area contributed by atoms with Crippen LogP contribution in [-0.4, -0.2) is 28.7 Å². The molecule has 0 spiro atoms. The monoisotopic (exact) mass is 230 g/mol. The van der Waals surface area contributed by atoms with Crippen molar-refractivity contribution in [1.29, 1.82) is 0 Å². The number of carboxylic acids is 1. The highest BCUT2D eigenvalue weighted by Crippen LogP contribution is 2.08. The Labute approximate surface area is 96.6 Å². The Morgan fingerprint density at radius 1 is 1.25 bits per heavy atom. The van der Waals surface area contributed by atoms with Crippen LogP contribution in [0.3, 0.4) is 0 Å². The van der Waals surface area contributed by atoms with Crippen LogP contribution in [0.4, 0.5) is 4.79 Å². The summed E-state index contributed by atoms with van der Waals surface area (Å²) in [6.45, 7) is 9.29. The van der Waals surface area contributed by atoms with Gasteiger partial charge in [-0.1, -0.05) is 13.8 Å². The molecule has 0 rings (SSSR count). The average Bonchev–Trinajstić information content (AvgIpc) is 1.98. The van der Waals surface area contributed by atoms with Crippen molar-refractivity contribution in [3.63, 3.8) is 0 Å². The zero-order chi connectivity index (χ0) is 12.9. The van der Waals surface area contributed by atoms with Crippen LogP contribution in [0.1, 0.15) is 41.0 Å². The molecule has 0 aromatic heterocycles. The molecule has 0 aromatic carbocycles. The Bertz CT molecular complexity index is 262. The molecular weight excluding hydrogens is 208 g/mol. The smallest absolute Gasteiger partial charge is 0.315 e. The number of rotatable bonds is 5. The third kappa shape index (κ3) is 6.27. The first kappa shape index (κ1) is 14.7. The van der Waals surface area contributed by atoms with Crippen LogP contribution in [-0.2, 0) is 4.79 Å². The topological polar surface area (TPSA) is 78.4 Å². The normalized spacial score (nSPS) is 13.4. The van der Waals surface area contributed by atoms with E-state index in [1.165, 1.54) is 0 Å². The van der Waals surface area contributed by atoms with Crippen molar-refractivity contribution >= 4 is 12.0 Å². The fourth-order valence-corrected chi connectivity index (χ4v) is 1.14. The number of aliphatic carboxylic acids is 1. The van der Waals surface area contributed by atoms with E-state index in [0.29, 0.717) is 5.92 Å². The lowest BCUT2D eigenvalue weighted by Crippen LogP contribution is -2.52. The van der Waals surface area contributed by atoms with Gasteiger partial charge < -0.3 is 15.7 Å². The third-order valence-corrected chi connectivity index (χ3v) is 2.40. The van der Waals surface area contributed by atoms with Gasteiger partial charge in [-0.25, -0.2) is 4.79 Å². The summed E-state index contributed by atoms with van der Waals surface area (Å²) in [5, 5.41) is 14.1. The van der Waals surface area contributed by atoms with Gasteiger partial charge in [0.15, 0.2) is 0 Å². The SMILES string of the molecule is CC(C)C(C)NC(=O)NC(C)(C)CC(=O)O. The number of carboxylic acid groups (broad SMARTS) is 1. The molecule has 16 heavy (non-hydrogen) atoms. The number of carbonyl (C=O) groups is 2. The summed E-state index contributed by atoms with van der Waals surface area (Å²) in [6.07, 6.45) is -0.101. The van der Waals surface area contributed by atoms with Gasteiger partial charge in [0.1, 0.15) is 0 Å². The number of hydrogen-bond acceptors (Lipinski definition) is 2. The second-order valence-electron chi connectivity index (χ2n) is 5.09. The van der Waals surface area contributed by atoms with E-state index in [2.05, 4.69) is 10.6 Å². The minimum Gasteiger partial charge on any atom is -0.481 e. The summed E-state index contributed by atoms with van der Waals surface area (Å²) in [5.41, 5.74) is -0.743. The van der Waals surface area contributed by atoms with E-state index in [0.717, 1.165) is 0 Å². The molecule has 5 nitrogen and oxygen atoms in total. The summed E-state index contributed by atoms with van der Waals surface area (Å²) in [4.78, 5) is 22.1. The number of urea groups is 1. The third-order valence-electron chi connectivity index (χ3n) is 2.40. The number of amides is 2. The summed E-state index contributed by atoms with van der Waals surface area (Å²) in [5.74, 6) is -0.587. The Morgan fingerprint density at radius 2 is 1.75 bits per heavy atom. The van der Waals surface area contributed by atoms with Crippen molar-refractivity contribution in [2.24, 2.45) is 5.92 Å². The second-order valence-corrected chi connectivity index (χ2v) is 5.09. The van der Waals surface area contributed by atoms with Crippen LogP contribution < -0.4 is 10.6 Å². The molecule has 0 aliphatic carbocycles. The van der Waals surface area contributed by atoms with Crippen molar-refractivity contribution in [2.45, 2.75) is 52.6 Å². The number of carbonyl (C=O) groups excluding carboxylic acids is 1. The van der Waals surface area contributed by atoms with Gasteiger partial charge in [-0.2, -0.15) is 0 Å². The quantitative estimate of drug-likeness (QED) is 0.671. The zero-order valence-corrected chi connectivity index (χ0v) is 10.6. The Balaban J connectivity index is 4.18. The average molecular weight is 230 g/mol. The molecule has 0 saturated carbocycles. The molecule has 2 amide bonds. The lowest BCUT2D eigenvalue weighted by atomic mass is 10.0. The predicted molar refractivity (Wildman–Crippen MR) is 62.3 cm³/mol. The Morgan fingerprint density at radius 3 is 2.12 bits per heavy atom. The first-order chi connectivity index (χ1) is 7.14. The molecule has 0 aromatic rings. The lowest BCUT2D eigenvalue weighted by Gasteiger charge is -2.26. The van der Waals surface area contributed by atoms with Crippen LogP contribution >= 0.6 is 0 Å². The maximum atomic E-state index is 11.5. The van der Waals surface area contributed by atoms with Crippen LogP contribution in [0, 0.1) is 5.92 Å².